The van der Waals surface area contributed by atoms with E-state index in [-0.39, 0.29) is 16.8 Å². The zero-order chi connectivity index (χ0) is 11.7. The standard InChI is InChI=1S/C11H7F2N3/c1-16-6-7(10(5-14)15-16)11-8(12)3-2-4-9(11)13/h2-4,6H,1H3. The van der Waals surface area contributed by atoms with Crippen molar-refractivity contribution in [2.24, 2.45) is 7.05 Å². The van der Waals surface area contributed by atoms with Gasteiger partial charge in [-0.3, -0.25) is 4.68 Å². The summed E-state index contributed by atoms with van der Waals surface area (Å²) >= 11 is 0. The van der Waals surface area contributed by atoms with Gasteiger partial charge in [-0.05, 0) is 12.1 Å². The van der Waals surface area contributed by atoms with Gasteiger partial charge >= 0.3 is 0 Å². The molecule has 3 nitrogen and oxygen atoms in total. The number of halogens is 2. The van der Waals surface area contributed by atoms with E-state index in [1.165, 1.54) is 16.9 Å². The molecule has 0 aliphatic rings. The van der Waals surface area contributed by atoms with Crippen LogP contribution >= 0.6 is 0 Å². The molecular formula is C11H7F2N3. The molecule has 1 aromatic heterocycles. The molecule has 1 heterocycles. The Morgan fingerprint density at radius 1 is 1.31 bits per heavy atom. The highest BCUT2D eigenvalue weighted by atomic mass is 19.1. The summed E-state index contributed by atoms with van der Waals surface area (Å²) in [7, 11) is 1.59. The molecule has 0 radical (unpaired) electrons. The zero-order valence-corrected chi connectivity index (χ0v) is 8.41. The number of nitriles is 1. The number of aryl methyl sites for hydroxylation is 1. The average Bonchev–Trinajstić information content (AvgIpc) is 2.59. The predicted molar refractivity (Wildman–Crippen MR) is 53.3 cm³/mol. The number of nitrogens with zero attached hydrogens (tertiary/aromatic N) is 3. The SMILES string of the molecule is Cn1cc(-c2c(F)cccc2F)c(C#N)n1. The van der Waals surface area contributed by atoms with Crippen molar-refractivity contribution < 1.29 is 8.78 Å². The maximum absolute atomic E-state index is 13.5. The molecule has 0 unspecified atom stereocenters. The summed E-state index contributed by atoms with van der Waals surface area (Å²) in [5.41, 5.74) is -0.0424. The second-order valence-electron chi connectivity index (χ2n) is 3.27. The van der Waals surface area contributed by atoms with E-state index in [0.717, 1.165) is 12.1 Å². The summed E-state index contributed by atoms with van der Waals surface area (Å²) < 4.78 is 28.3. The topological polar surface area (TPSA) is 41.6 Å². The van der Waals surface area contributed by atoms with Crippen LogP contribution in [0.15, 0.2) is 24.4 Å². The van der Waals surface area contributed by atoms with E-state index in [0.29, 0.717) is 0 Å². The van der Waals surface area contributed by atoms with Crippen LogP contribution in [0.1, 0.15) is 5.69 Å². The van der Waals surface area contributed by atoms with E-state index in [9.17, 15) is 8.78 Å². The lowest BCUT2D eigenvalue weighted by Crippen LogP contribution is -1.90. The van der Waals surface area contributed by atoms with Gasteiger partial charge in [-0.25, -0.2) is 8.78 Å². The molecule has 16 heavy (non-hydrogen) atoms. The van der Waals surface area contributed by atoms with Crippen molar-refractivity contribution in [2.75, 3.05) is 0 Å². The second kappa shape index (κ2) is 3.74. The molecule has 0 bridgehead atoms. The van der Waals surface area contributed by atoms with E-state index >= 15 is 0 Å². The van der Waals surface area contributed by atoms with Crippen LogP contribution in [0.25, 0.3) is 11.1 Å². The molecule has 0 saturated heterocycles. The minimum atomic E-state index is -0.704. The van der Waals surface area contributed by atoms with Crippen LogP contribution in [-0.4, -0.2) is 9.78 Å². The Kier molecular flexibility index (Phi) is 2.41. The molecule has 0 fully saturated rings. The highest BCUT2D eigenvalue weighted by Crippen LogP contribution is 2.27. The molecular weight excluding hydrogens is 212 g/mol. The Bertz CT molecular complexity index is 561. The van der Waals surface area contributed by atoms with Gasteiger partial charge in [0.25, 0.3) is 0 Å². The summed E-state index contributed by atoms with van der Waals surface area (Å²) in [5, 5.41) is 12.6. The lowest BCUT2D eigenvalue weighted by Gasteiger charge is -2.01. The van der Waals surface area contributed by atoms with Crippen molar-refractivity contribution in [1.29, 1.82) is 5.26 Å². The quantitative estimate of drug-likeness (QED) is 0.738. The van der Waals surface area contributed by atoms with Gasteiger partial charge < -0.3 is 0 Å². The molecule has 0 N–H and O–H groups in total. The smallest absolute Gasteiger partial charge is 0.170 e. The van der Waals surface area contributed by atoms with Gasteiger partial charge in [0, 0.05) is 18.8 Å². The van der Waals surface area contributed by atoms with E-state index < -0.39 is 11.6 Å². The number of aromatic nitrogens is 2. The fourth-order valence-electron chi connectivity index (χ4n) is 1.51. The van der Waals surface area contributed by atoms with E-state index in [1.54, 1.807) is 13.1 Å². The van der Waals surface area contributed by atoms with E-state index in [2.05, 4.69) is 5.10 Å². The molecule has 80 valence electrons. The van der Waals surface area contributed by atoms with E-state index in [1.807, 2.05) is 0 Å². The van der Waals surface area contributed by atoms with Crippen LogP contribution in [0.3, 0.4) is 0 Å². The largest absolute Gasteiger partial charge is 0.274 e. The van der Waals surface area contributed by atoms with Gasteiger partial charge in [-0.1, -0.05) is 6.07 Å². The Balaban J connectivity index is 2.73. The van der Waals surface area contributed by atoms with Gasteiger partial charge in [0.05, 0.1) is 5.56 Å². The van der Waals surface area contributed by atoms with Crippen molar-refractivity contribution in [2.45, 2.75) is 0 Å². The van der Waals surface area contributed by atoms with Crippen LogP contribution in [-0.2, 0) is 7.05 Å². The summed E-state index contributed by atoms with van der Waals surface area (Å²) in [5.74, 6) is -1.41. The van der Waals surface area contributed by atoms with E-state index in [4.69, 9.17) is 5.26 Å². The Labute approximate surface area is 90.5 Å². The van der Waals surface area contributed by atoms with Gasteiger partial charge in [-0.15, -0.1) is 0 Å². The Hall–Kier alpha value is -2.22. The molecule has 0 aliphatic carbocycles. The number of rotatable bonds is 1. The Morgan fingerprint density at radius 2 is 1.94 bits per heavy atom. The van der Waals surface area contributed by atoms with Crippen molar-refractivity contribution >= 4 is 0 Å². The fraction of sp³-hybridized carbons (Fsp3) is 0.0909. The number of benzene rings is 1. The molecule has 5 heteroatoms. The number of hydrogen-bond donors (Lipinski definition) is 0. The summed E-state index contributed by atoms with van der Waals surface area (Å²) in [6.45, 7) is 0. The van der Waals surface area contributed by atoms with Crippen molar-refractivity contribution in [1.82, 2.24) is 9.78 Å². The summed E-state index contributed by atoms with van der Waals surface area (Å²) in [6, 6.07) is 5.37. The lowest BCUT2D eigenvalue weighted by atomic mass is 10.1. The highest BCUT2D eigenvalue weighted by molar-refractivity contribution is 5.69. The predicted octanol–water partition coefficient (Wildman–Crippen LogP) is 2.24. The number of hydrogen-bond acceptors (Lipinski definition) is 2. The van der Waals surface area contributed by atoms with Gasteiger partial charge in [0.2, 0.25) is 0 Å². The molecule has 2 rings (SSSR count). The average molecular weight is 219 g/mol. The molecule has 0 atom stereocenters. The third-order valence-corrected chi connectivity index (χ3v) is 2.17. The first kappa shape index (κ1) is 10.3. The third-order valence-electron chi connectivity index (χ3n) is 2.17. The maximum Gasteiger partial charge on any atom is 0.170 e. The first-order chi connectivity index (χ1) is 7.63. The van der Waals surface area contributed by atoms with Crippen molar-refractivity contribution in [3.05, 3.63) is 41.7 Å². The third kappa shape index (κ3) is 1.54. The molecule has 2 aromatic rings. The minimum Gasteiger partial charge on any atom is -0.274 e. The first-order valence-corrected chi connectivity index (χ1v) is 4.51. The fourth-order valence-corrected chi connectivity index (χ4v) is 1.51. The maximum atomic E-state index is 13.5. The normalized spacial score (nSPS) is 10.1. The zero-order valence-electron chi connectivity index (χ0n) is 8.41. The van der Waals surface area contributed by atoms with Crippen molar-refractivity contribution in [3.8, 4) is 17.2 Å². The second-order valence-corrected chi connectivity index (χ2v) is 3.27. The van der Waals surface area contributed by atoms with Gasteiger partial charge in [-0.2, -0.15) is 10.4 Å². The Morgan fingerprint density at radius 3 is 2.50 bits per heavy atom. The van der Waals surface area contributed by atoms with Crippen molar-refractivity contribution in [3.63, 3.8) is 0 Å². The van der Waals surface area contributed by atoms with Crippen LogP contribution < -0.4 is 0 Å². The van der Waals surface area contributed by atoms with Crippen LogP contribution in [0.2, 0.25) is 0 Å². The molecule has 0 saturated carbocycles. The minimum absolute atomic E-state index is 0.00602. The van der Waals surface area contributed by atoms with Crippen LogP contribution in [0, 0.1) is 23.0 Å². The van der Waals surface area contributed by atoms with Crippen LogP contribution in [0.5, 0.6) is 0 Å². The molecule has 1 aromatic carbocycles. The summed E-state index contributed by atoms with van der Waals surface area (Å²) in [4.78, 5) is 0. The molecule has 0 spiro atoms. The first-order valence-electron chi connectivity index (χ1n) is 4.51. The van der Waals surface area contributed by atoms with Gasteiger partial charge in [0.1, 0.15) is 17.7 Å². The molecule has 0 aliphatic heterocycles. The van der Waals surface area contributed by atoms with Crippen LogP contribution in [0.4, 0.5) is 8.78 Å². The summed E-state index contributed by atoms with van der Waals surface area (Å²) in [6.07, 6.45) is 1.42. The molecule has 0 amide bonds. The van der Waals surface area contributed by atoms with Gasteiger partial charge in [0.15, 0.2) is 5.69 Å². The lowest BCUT2D eigenvalue weighted by molar-refractivity contribution is 0.589. The highest BCUT2D eigenvalue weighted by Gasteiger charge is 2.17. The monoisotopic (exact) mass is 219 g/mol.